The first-order valence-corrected chi connectivity index (χ1v) is 9.71. The van der Waals surface area contributed by atoms with Crippen LogP contribution in [0.2, 0.25) is 4.43 Å². The minimum absolute atomic E-state index is 0.873. The molecular weight excluding hydrogens is 255 g/mol. The zero-order valence-electron chi connectivity index (χ0n) is 3.06. The normalized spacial score (nSPS) is 3.40. The molecule has 5 heavy (non-hydrogen) atoms. The van der Waals surface area contributed by atoms with Crippen LogP contribution in [-0.2, 0) is 24.6 Å². The fraction of sp³-hybridized carbons (Fsp3) is 0.500. The molecule has 0 bridgehead atoms. The molecule has 0 heterocycles. The van der Waals surface area contributed by atoms with Gasteiger partial charge in [-0.15, -0.1) is 0 Å². The number of hydrogen-bond donors (Lipinski definition) is 0. The molecule has 0 unspecified atom stereocenters. The molecule has 0 fully saturated rings. The zero-order valence-corrected chi connectivity index (χ0v) is 8.56. The quantitative estimate of drug-likeness (QED) is 0.468. The maximum atomic E-state index is 9.10. The molecule has 0 amide bonds. The molecular formula is C2H3HgNO. The van der Waals surface area contributed by atoms with Crippen molar-refractivity contribution in [3.63, 3.8) is 0 Å². The fourth-order valence-electron chi connectivity index (χ4n) is 0.0645. The van der Waals surface area contributed by atoms with Gasteiger partial charge in [-0.1, -0.05) is 0 Å². The average molecular weight is 258 g/mol. The van der Waals surface area contributed by atoms with Crippen molar-refractivity contribution in [2.45, 2.75) is 4.43 Å². The summed E-state index contributed by atoms with van der Waals surface area (Å²) < 4.78 is 4.43. The summed E-state index contributed by atoms with van der Waals surface area (Å²) in [5.74, 6) is 0. The molecule has 0 aliphatic heterocycles. The van der Waals surface area contributed by atoms with E-state index in [9.17, 15) is 0 Å². The van der Waals surface area contributed by atoms with E-state index in [-0.39, 0.29) is 0 Å². The summed E-state index contributed by atoms with van der Waals surface area (Å²) in [6, 6.07) is 0. The first kappa shape index (κ1) is 5.23. The molecule has 24 valence electrons. The molecule has 0 aromatic heterocycles. The zero-order chi connectivity index (χ0) is 4.12. The average Bonchev–Trinajstić information content (AvgIpc) is 1.41. The second-order valence-corrected chi connectivity index (χ2v) is 4.58. The number of rotatable bonds is 0. The molecule has 0 rings (SSSR count). The van der Waals surface area contributed by atoms with Crippen LogP contribution < -0.4 is 0 Å². The van der Waals surface area contributed by atoms with E-state index >= 15 is 0 Å². The van der Waals surface area contributed by atoms with Crippen LogP contribution in [0.1, 0.15) is 0 Å². The summed E-state index contributed by atoms with van der Waals surface area (Å²) in [5, 5.41) is 11.6. The van der Waals surface area contributed by atoms with Crippen molar-refractivity contribution in [3.05, 3.63) is 10.2 Å². The minimum atomic E-state index is -0.873. The Kier molecular flexibility index (Phi) is 4.42. The first-order chi connectivity index (χ1) is 2.41. The van der Waals surface area contributed by atoms with Crippen molar-refractivity contribution in [2.75, 3.05) is 0 Å². The third-order valence-corrected chi connectivity index (χ3v) is 1.95. The van der Waals surface area contributed by atoms with E-state index in [0.717, 1.165) is 0 Å². The van der Waals surface area contributed by atoms with Crippen molar-refractivity contribution in [2.24, 2.45) is 0 Å². The molecule has 0 saturated carbocycles. The number of nitrogens with zero attached hydrogens (tertiary/aromatic N) is 1. The molecule has 0 aromatic carbocycles. The molecule has 2 nitrogen and oxygen atoms in total. The molecule has 0 atom stereocenters. The molecule has 0 saturated heterocycles. The van der Waals surface area contributed by atoms with E-state index in [0.29, 0.717) is 0 Å². The molecule has 3 heteroatoms. The van der Waals surface area contributed by atoms with Crippen molar-refractivity contribution in [1.29, 1.82) is 0 Å². The molecule has 0 radical (unpaired) electrons. The van der Waals surface area contributed by atoms with E-state index < -0.39 is 24.6 Å². The van der Waals surface area contributed by atoms with Gasteiger partial charge in [0.05, 0.1) is 0 Å². The SMILES string of the molecule is [CH3][Hg][C]#[N+][O-]. The van der Waals surface area contributed by atoms with Gasteiger partial charge < -0.3 is 0 Å². The Morgan fingerprint density at radius 3 is 2.60 bits per heavy atom. The summed E-state index contributed by atoms with van der Waals surface area (Å²) in [6.07, 6.45) is 0. The third kappa shape index (κ3) is 4.23. The monoisotopic (exact) mass is 259 g/mol. The van der Waals surface area contributed by atoms with Crippen LogP contribution in [0.5, 0.6) is 0 Å². The Morgan fingerprint density at radius 1 is 2.00 bits per heavy atom. The van der Waals surface area contributed by atoms with Gasteiger partial charge in [-0.25, -0.2) is 0 Å². The summed E-state index contributed by atoms with van der Waals surface area (Å²) >= 11 is -0.873. The van der Waals surface area contributed by atoms with Gasteiger partial charge in [0.1, 0.15) is 0 Å². The van der Waals surface area contributed by atoms with E-state index in [4.69, 9.17) is 5.21 Å². The molecule has 0 N–H and O–H groups in total. The first-order valence-electron chi connectivity index (χ1n) is 1.47. The van der Waals surface area contributed by atoms with Crippen LogP contribution in [-0.4, -0.2) is 0 Å². The molecule has 0 spiro atoms. The van der Waals surface area contributed by atoms with E-state index in [1.165, 1.54) is 0 Å². The summed E-state index contributed by atoms with van der Waals surface area (Å²) in [5.41, 5.74) is 0. The molecule has 0 aliphatic rings. The Labute approximate surface area is 43.0 Å². The van der Waals surface area contributed by atoms with Gasteiger partial charge in [-0.3, -0.25) is 0 Å². The van der Waals surface area contributed by atoms with Gasteiger partial charge >= 0.3 is 42.8 Å². The standard InChI is InChI=1S/CNO.CH3.Hg/c1-2-3;;/h;1H3;. The fourth-order valence-corrected chi connectivity index (χ4v) is 0.566. The van der Waals surface area contributed by atoms with Gasteiger partial charge in [0, 0.05) is 0 Å². The van der Waals surface area contributed by atoms with Crippen LogP contribution in [0.3, 0.4) is 0 Å². The molecule has 0 aromatic rings. The summed E-state index contributed by atoms with van der Waals surface area (Å²) in [6.45, 7) is 0. The van der Waals surface area contributed by atoms with Gasteiger partial charge in [-0.2, -0.15) is 0 Å². The van der Waals surface area contributed by atoms with Crippen LogP contribution in [0, 0.1) is 8.79 Å². The van der Waals surface area contributed by atoms with E-state index in [1.54, 1.807) is 0 Å². The van der Waals surface area contributed by atoms with Gasteiger partial charge in [0.2, 0.25) is 0 Å². The predicted octanol–water partition coefficient (Wildman–Crippen LogP) is 0.905. The Bertz CT molecular complexity index is 61.8. The van der Waals surface area contributed by atoms with Crippen LogP contribution in [0.25, 0.3) is 5.01 Å². The second kappa shape index (κ2) is 4.23. The van der Waals surface area contributed by atoms with Crippen LogP contribution in [0.15, 0.2) is 0 Å². The summed E-state index contributed by atoms with van der Waals surface area (Å²) in [7, 11) is 0. The van der Waals surface area contributed by atoms with Gasteiger partial charge in [0.15, 0.2) is 0 Å². The van der Waals surface area contributed by atoms with E-state index in [2.05, 4.69) is 8.59 Å². The Balaban J connectivity index is 2.81. The third-order valence-electron chi connectivity index (χ3n) is 0.223. The van der Waals surface area contributed by atoms with Crippen molar-refractivity contribution < 1.29 is 24.6 Å². The summed E-state index contributed by atoms with van der Waals surface area (Å²) in [4.78, 5) is 0. The van der Waals surface area contributed by atoms with Gasteiger partial charge in [-0.05, 0) is 0 Å². The van der Waals surface area contributed by atoms with Crippen molar-refractivity contribution in [1.82, 2.24) is 0 Å². The Morgan fingerprint density at radius 2 is 2.60 bits per heavy atom. The topological polar surface area (TPSA) is 27.4 Å². The second-order valence-electron chi connectivity index (χ2n) is 0.603. The van der Waals surface area contributed by atoms with Crippen LogP contribution in [0.4, 0.5) is 0 Å². The van der Waals surface area contributed by atoms with E-state index in [1.807, 2.05) is 4.43 Å². The Hall–Kier alpha value is 0.225. The predicted molar refractivity (Wildman–Crippen MR) is 16.5 cm³/mol. The van der Waals surface area contributed by atoms with Crippen molar-refractivity contribution in [3.8, 4) is 3.58 Å². The maximum absolute atomic E-state index is 9.10. The number of hydrogen-bond acceptors (Lipinski definition) is 1. The van der Waals surface area contributed by atoms with Crippen LogP contribution >= 0.6 is 0 Å². The van der Waals surface area contributed by atoms with Crippen molar-refractivity contribution >= 4 is 0 Å². The molecule has 0 aliphatic carbocycles. The van der Waals surface area contributed by atoms with Gasteiger partial charge in [0.25, 0.3) is 0 Å².